The van der Waals surface area contributed by atoms with Crippen LogP contribution in [0, 0.1) is 0 Å². The Labute approximate surface area is 145 Å². The lowest BCUT2D eigenvalue weighted by Gasteiger charge is -2.44. The van der Waals surface area contributed by atoms with Crippen LogP contribution in [-0.4, -0.2) is 60.5 Å². The maximum Gasteiger partial charge on any atom is 0.431 e. The van der Waals surface area contributed by atoms with Crippen molar-refractivity contribution in [1.82, 2.24) is 0 Å². The van der Waals surface area contributed by atoms with Gasteiger partial charge in [-0.3, -0.25) is 0 Å². The zero-order valence-electron chi connectivity index (χ0n) is 12.5. The fourth-order valence-corrected chi connectivity index (χ4v) is 1.52. The highest BCUT2D eigenvalue weighted by Crippen LogP contribution is 2.64. The summed E-state index contributed by atoms with van der Waals surface area (Å²) in [6.07, 6.45) is -13.6. The van der Waals surface area contributed by atoms with Gasteiger partial charge in [0.2, 0.25) is 0 Å². The van der Waals surface area contributed by atoms with E-state index in [9.17, 15) is 83.4 Å². The minimum absolute atomic E-state index is 4.36. The van der Waals surface area contributed by atoms with Crippen LogP contribution in [0.25, 0.3) is 0 Å². The minimum Gasteiger partial charge on any atom is -0.247 e. The van der Waals surface area contributed by atoms with E-state index in [-0.39, 0.29) is 0 Å². The molecule has 0 aromatic rings. The fraction of sp³-hybridized carbons (Fsp3) is 1.00. The van der Waals surface area contributed by atoms with Crippen molar-refractivity contribution in [1.29, 1.82) is 0 Å². The van der Waals surface area contributed by atoms with Crippen LogP contribution in [0.2, 0.25) is 0 Å². The van der Waals surface area contributed by atoms with Crippen LogP contribution in [0.15, 0.2) is 0 Å². The Morgan fingerprint density at radius 1 is 0.448 bits per heavy atom. The first-order valence-electron chi connectivity index (χ1n) is 6.12. The highest BCUT2D eigenvalue weighted by molar-refractivity contribution is 5.17. The van der Waals surface area contributed by atoms with Gasteiger partial charge in [-0.2, -0.15) is 65.9 Å². The second kappa shape index (κ2) is 6.84. The summed E-state index contributed by atoms with van der Waals surface area (Å²) in [5.74, 6) is -50.3. The molecule has 1 atom stereocenters. The van der Waals surface area contributed by atoms with Crippen molar-refractivity contribution >= 4 is 0 Å². The Kier molecular flexibility index (Phi) is 6.53. The van der Waals surface area contributed by atoms with E-state index in [0.29, 0.717) is 0 Å². The molecule has 29 heavy (non-hydrogen) atoms. The summed E-state index contributed by atoms with van der Waals surface area (Å²) in [7, 11) is 0. The van der Waals surface area contributed by atoms with Gasteiger partial charge in [0.1, 0.15) is 6.67 Å². The molecular formula is C10H3F19. The summed E-state index contributed by atoms with van der Waals surface area (Å²) in [6, 6.07) is 0. The van der Waals surface area contributed by atoms with Gasteiger partial charge in [-0.25, -0.2) is 17.6 Å². The van der Waals surface area contributed by atoms with Gasteiger partial charge in [0.25, 0.3) is 0 Å². The third kappa shape index (κ3) is 3.25. The molecule has 0 aromatic carbocycles. The Bertz CT molecular complexity index is 584. The van der Waals surface area contributed by atoms with Gasteiger partial charge in [0.05, 0.1) is 0 Å². The smallest absolute Gasteiger partial charge is 0.247 e. The van der Waals surface area contributed by atoms with Crippen molar-refractivity contribution in [2.24, 2.45) is 0 Å². The van der Waals surface area contributed by atoms with Crippen molar-refractivity contribution in [2.75, 3.05) is 6.67 Å². The third-order valence-corrected chi connectivity index (χ3v) is 3.40. The van der Waals surface area contributed by atoms with Gasteiger partial charge in [-0.15, -0.1) is 0 Å². The molecule has 0 aliphatic heterocycles. The van der Waals surface area contributed by atoms with Crippen LogP contribution in [0.3, 0.4) is 0 Å². The molecule has 0 rings (SSSR count). The zero-order chi connectivity index (χ0) is 24.3. The number of hydrogen-bond donors (Lipinski definition) is 0. The SMILES string of the molecule is FCC(F)(C(F)(F)F)C(F)(F)C(F)(F)C(F)(F)C(F)(F)C(F)(F)C(F)(F)C(F)F. The predicted molar refractivity (Wildman–Crippen MR) is 51.6 cm³/mol. The maximum absolute atomic E-state index is 13.2. The van der Waals surface area contributed by atoms with Crippen molar-refractivity contribution in [3.05, 3.63) is 0 Å². The summed E-state index contributed by atoms with van der Waals surface area (Å²) in [4.78, 5) is 0. The van der Waals surface area contributed by atoms with Gasteiger partial charge in [-0.1, -0.05) is 0 Å². The van der Waals surface area contributed by atoms with Crippen LogP contribution in [-0.2, 0) is 0 Å². The lowest BCUT2D eigenvalue weighted by Crippen LogP contribution is -2.76. The topological polar surface area (TPSA) is 0 Å². The minimum atomic E-state index is -8.76. The Hall–Kier alpha value is -1.33. The largest absolute Gasteiger partial charge is 0.431 e. The molecule has 176 valence electrons. The molecule has 0 saturated carbocycles. The molecule has 19 heteroatoms. The third-order valence-electron chi connectivity index (χ3n) is 3.40. The van der Waals surface area contributed by atoms with Gasteiger partial charge < -0.3 is 0 Å². The monoisotopic (exact) mass is 484 g/mol. The lowest BCUT2D eigenvalue weighted by atomic mass is 9.84. The Morgan fingerprint density at radius 3 is 0.966 bits per heavy atom. The predicted octanol–water partition coefficient (Wildman–Crippen LogP) is 6.30. The molecule has 0 aliphatic carbocycles. The van der Waals surface area contributed by atoms with E-state index in [1.807, 2.05) is 0 Å². The van der Waals surface area contributed by atoms with E-state index in [1.165, 1.54) is 0 Å². The van der Waals surface area contributed by atoms with Crippen molar-refractivity contribution in [2.45, 2.75) is 53.8 Å². The van der Waals surface area contributed by atoms with Crippen LogP contribution >= 0.6 is 0 Å². The number of alkyl halides is 19. The molecule has 0 aromatic heterocycles. The molecule has 0 spiro atoms. The van der Waals surface area contributed by atoms with Crippen molar-refractivity contribution in [3.8, 4) is 0 Å². The summed E-state index contributed by atoms with van der Waals surface area (Å²) < 4.78 is 241. The highest BCUT2D eigenvalue weighted by Gasteiger charge is 2.95. The van der Waals surface area contributed by atoms with Crippen LogP contribution < -0.4 is 0 Å². The first-order chi connectivity index (χ1) is 12.3. The first-order valence-corrected chi connectivity index (χ1v) is 6.12. The van der Waals surface area contributed by atoms with Crippen LogP contribution in [0.1, 0.15) is 0 Å². The van der Waals surface area contributed by atoms with E-state index in [0.717, 1.165) is 0 Å². The molecule has 0 nitrogen and oxygen atoms in total. The molecule has 0 N–H and O–H groups in total. The van der Waals surface area contributed by atoms with Crippen LogP contribution in [0.5, 0.6) is 0 Å². The summed E-state index contributed by atoms with van der Waals surface area (Å²) in [5.41, 5.74) is -7.41. The molecule has 0 heterocycles. The Morgan fingerprint density at radius 2 is 0.724 bits per heavy atom. The quantitative estimate of drug-likeness (QED) is 0.355. The second-order valence-corrected chi connectivity index (χ2v) is 5.23. The summed E-state index contributed by atoms with van der Waals surface area (Å²) in [6.45, 7) is -4.36. The average Bonchev–Trinajstić information content (AvgIpc) is 2.51. The fourth-order valence-electron chi connectivity index (χ4n) is 1.52. The normalized spacial score (nSPS) is 18.2. The number of rotatable bonds is 8. The molecule has 0 aliphatic rings. The van der Waals surface area contributed by atoms with E-state index in [2.05, 4.69) is 0 Å². The van der Waals surface area contributed by atoms with E-state index in [1.54, 1.807) is 0 Å². The van der Waals surface area contributed by atoms with E-state index >= 15 is 0 Å². The highest BCUT2D eigenvalue weighted by atomic mass is 19.4. The maximum atomic E-state index is 13.2. The summed E-state index contributed by atoms with van der Waals surface area (Å²) in [5, 5.41) is 0. The standard InChI is InChI=1S/C10H3F19/c11-1-3(14,10(27,28)29)5(17,18)7(21,22)9(25,26)8(23,24)6(19,20)4(15,16)2(12)13/h2H,1H2. The van der Waals surface area contributed by atoms with E-state index < -0.39 is 60.5 Å². The summed E-state index contributed by atoms with van der Waals surface area (Å²) >= 11 is 0. The molecule has 0 bridgehead atoms. The van der Waals surface area contributed by atoms with Crippen LogP contribution in [0.4, 0.5) is 83.4 Å². The number of halogens is 19. The van der Waals surface area contributed by atoms with Crippen molar-refractivity contribution in [3.63, 3.8) is 0 Å². The lowest BCUT2D eigenvalue weighted by molar-refractivity contribution is -0.452. The first kappa shape index (κ1) is 27.7. The molecule has 0 radical (unpaired) electrons. The Balaban J connectivity index is 6.83. The van der Waals surface area contributed by atoms with Crippen molar-refractivity contribution < 1.29 is 83.4 Å². The van der Waals surface area contributed by atoms with Gasteiger partial charge >= 0.3 is 53.8 Å². The van der Waals surface area contributed by atoms with Gasteiger partial charge in [0, 0.05) is 0 Å². The molecule has 0 fully saturated rings. The molecular weight excluding hydrogens is 481 g/mol. The molecule has 0 amide bonds. The average molecular weight is 484 g/mol. The van der Waals surface area contributed by atoms with E-state index in [4.69, 9.17) is 0 Å². The number of hydrogen-bond acceptors (Lipinski definition) is 0. The molecule has 1 unspecified atom stereocenters. The zero-order valence-corrected chi connectivity index (χ0v) is 12.5. The van der Waals surface area contributed by atoms with Gasteiger partial charge in [0.15, 0.2) is 0 Å². The molecule has 0 saturated heterocycles. The van der Waals surface area contributed by atoms with Gasteiger partial charge in [-0.05, 0) is 0 Å². The second-order valence-electron chi connectivity index (χ2n) is 5.23.